The molecule has 0 spiro atoms. The maximum atomic E-state index is 11.0. The highest BCUT2D eigenvalue weighted by Crippen LogP contribution is 2.48. The normalized spacial score (nSPS) is 24.3. The Morgan fingerprint density at radius 3 is 2.50 bits per heavy atom. The lowest BCUT2D eigenvalue weighted by atomic mass is 9.86. The van der Waals surface area contributed by atoms with Crippen LogP contribution in [0.5, 0.6) is 0 Å². The van der Waals surface area contributed by atoms with E-state index in [9.17, 15) is 4.79 Å². The van der Waals surface area contributed by atoms with Gasteiger partial charge in [0.05, 0.1) is 6.42 Å². The highest BCUT2D eigenvalue weighted by atomic mass is 16.4. The Morgan fingerprint density at radius 2 is 1.86 bits per heavy atom. The SMILES string of the molecule is C/C(=C\c1ccccc1)C1CC1CCC1CCN(CC(C)(C)CC(=O)O)CC1. The molecule has 1 aliphatic carbocycles. The molecule has 1 aliphatic heterocycles. The van der Waals surface area contributed by atoms with Crippen molar-refractivity contribution in [3.63, 3.8) is 0 Å². The number of benzene rings is 1. The van der Waals surface area contributed by atoms with E-state index >= 15 is 0 Å². The average Bonchev–Trinajstić information content (AvgIpc) is 3.40. The van der Waals surface area contributed by atoms with Crippen LogP contribution in [0.15, 0.2) is 35.9 Å². The molecule has 0 amide bonds. The molecule has 1 heterocycles. The Morgan fingerprint density at radius 1 is 1.18 bits per heavy atom. The zero-order chi connectivity index (χ0) is 20.1. The summed E-state index contributed by atoms with van der Waals surface area (Å²) < 4.78 is 0. The molecule has 0 radical (unpaired) electrons. The van der Waals surface area contributed by atoms with E-state index in [4.69, 9.17) is 5.11 Å². The van der Waals surface area contributed by atoms with Gasteiger partial charge in [0.25, 0.3) is 0 Å². The first-order valence-electron chi connectivity index (χ1n) is 11.0. The van der Waals surface area contributed by atoms with Crippen LogP contribution < -0.4 is 0 Å². The molecule has 2 atom stereocenters. The van der Waals surface area contributed by atoms with Gasteiger partial charge in [-0.05, 0) is 74.4 Å². The van der Waals surface area contributed by atoms with E-state index in [0.717, 1.165) is 37.4 Å². The molecule has 28 heavy (non-hydrogen) atoms. The first kappa shape index (κ1) is 21.1. The second-order valence-corrected chi connectivity index (χ2v) is 9.93. The van der Waals surface area contributed by atoms with Gasteiger partial charge in [0.2, 0.25) is 0 Å². The summed E-state index contributed by atoms with van der Waals surface area (Å²) in [5, 5.41) is 9.07. The van der Waals surface area contributed by atoms with E-state index in [2.05, 4.69) is 62.1 Å². The fourth-order valence-corrected chi connectivity index (χ4v) is 5.00. The molecule has 1 aromatic carbocycles. The highest BCUT2D eigenvalue weighted by Gasteiger charge is 2.38. The van der Waals surface area contributed by atoms with Crippen LogP contribution in [0.4, 0.5) is 0 Å². The molecule has 1 N–H and O–H groups in total. The number of aliphatic carboxylic acids is 1. The van der Waals surface area contributed by atoms with E-state index in [1.165, 1.54) is 37.7 Å². The van der Waals surface area contributed by atoms with Gasteiger partial charge in [-0.2, -0.15) is 0 Å². The van der Waals surface area contributed by atoms with E-state index in [-0.39, 0.29) is 11.8 Å². The molecule has 1 aromatic rings. The summed E-state index contributed by atoms with van der Waals surface area (Å²) in [5.74, 6) is 1.87. The van der Waals surface area contributed by atoms with E-state index in [1.807, 2.05) is 0 Å². The molecule has 3 nitrogen and oxygen atoms in total. The van der Waals surface area contributed by atoms with Gasteiger partial charge in [0.1, 0.15) is 0 Å². The fraction of sp³-hybridized carbons (Fsp3) is 0.640. The summed E-state index contributed by atoms with van der Waals surface area (Å²) in [6, 6.07) is 10.7. The standard InChI is InChI=1S/C25H37NO2/c1-19(15-21-7-5-4-6-8-21)23-16-22(23)10-9-20-11-13-26(14-12-20)18-25(2,3)17-24(27)28/h4-8,15,20,22-23H,9-14,16-18H2,1-3H3,(H,27,28)/b19-15+. The molecule has 1 saturated heterocycles. The third-order valence-corrected chi connectivity index (χ3v) is 6.64. The van der Waals surface area contributed by atoms with Crippen molar-refractivity contribution < 1.29 is 9.90 Å². The minimum Gasteiger partial charge on any atom is -0.481 e. The molecule has 3 heteroatoms. The van der Waals surface area contributed by atoms with Crippen LogP contribution >= 0.6 is 0 Å². The summed E-state index contributed by atoms with van der Waals surface area (Å²) in [5.41, 5.74) is 2.73. The quantitative estimate of drug-likeness (QED) is 0.593. The summed E-state index contributed by atoms with van der Waals surface area (Å²) in [4.78, 5) is 13.5. The van der Waals surface area contributed by atoms with E-state index in [0.29, 0.717) is 0 Å². The number of likely N-dealkylation sites (tertiary alicyclic amines) is 1. The summed E-state index contributed by atoms with van der Waals surface area (Å²) in [7, 11) is 0. The second-order valence-electron chi connectivity index (χ2n) is 9.93. The number of rotatable bonds is 9. The Bertz CT molecular complexity index is 671. The molecule has 0 bridgehead atoms. The van der Waals surface area contributed by atoms with Crippen LogP contribution in [0.25, 0.3) is 6.08 Å². The molecule has 2 unspecified atom stereocenters. The predicted octanol–water partition coefficient (Wildman–Crippen LogP) is 5.72. The van der Waals surface area contributed by atoms with Crippen molar-refractivity contribution >= 4 is 12.0 Å². The largest absolute Gasteiger partial charge is 0.481 e. The number of carboxylic acids is 1. The van der Waals surface area contributed by atoms with Gasteiger partial charge in [-0.1, -0.05) is 62.2 Å². The van der Waals surface area contributed by atoms with Crippen molar-refractivity contribution in [1.29, 1.82) is 0 Å². The Hall–Kier alpha value is -1.61. The van der Waals surface area contributed by atoms with Gasteiger partial charge in [-0.15, -0.1) is 0 Å². The first-order chi connectivity index (χ1) is 13.3. The zero-order valence-electron chi connectivity index (χ0n) is 17.9. The van der Waals surface area contributed by atoms with Crippen LogP contribution in [0.1, 0.15) is 64.9 Å². The number of piperidine rings is 1. The van der Waals surface area contributed by atoms with Crippen LogP contribution in [-0.2, 0) is 4.79 Å². The number of allylic oxidation sites excluding steroid dienone is 1. The molecule has 154 valence electrons. The third kappa shape index (κ3) is 6.48. The van der Waals surface area contributed by atoms with Gasteiger partial charge in [0.15, 0.2) is 0 Å². The smallest absolute Gasteiger partial charge is 0.303 e. The van der Waals surface area contributed by atoms with Crippen LogP contribution in [0.3, 0.4) is 0 Å². The van der Waals surface area contributed by atoms with Crippen LogP contribution in [-0.4, -0.2) is 35.6 Å². The van der Waals surface area contributed by atoms with Gasteiger partial charge in [-0.25, -0.2) is 0 Å². The predicted molar refractivity (Wildman–Crippen MR) is 116 cm³/mol. The number of hydrogen-bond donors (Lipinski definition) is 1. The minimum atomic E-state index is -0.685. The van der Waals surface area contributed by atoms with Crippen molar-refractivity contribution in [2.45, 2.75) is 59.3 Å². The second kappa shape index (κ2) is 9.26. The topological polar surface area (TPSA) is 40.5 Å². The van der Waals surface area contributed by atoms with Crippen molar-refractivity contribution in [1.82, 2.24) is 4.90 Å². The minimum absolute atomic E-state index is 0.136. The molecule has 1 saturated carbocycles. The van der Waals surface area contributed by atoms with Crippen LogP contribution in [0.2, 0.25) is 0 Å². The van der Waals surface area contributed by atoms with Crippen molar-refractivity contribution in [2.24, 2.45) is 23.2 Å². The summed E-state index contributed by atoms with van der Waals surface area (Å²) in [6.07, 6.45) is 9.29. The highest BCUT2D eigenvalue weighted by molar-refractivity contribution is 5.67. The third-order valence-electron chi connectivity index (χ3n) is 6.64. The lowest BCUT2D eigenvalue weighted by Crippen LogP contribution is -2.40. The Labute approximate surface area is 170 Å². The van der Waals surface area contributed by atoms with Gasteiger partial charge >= 0.3 is 5.97 Å². The van der Waals surface area contributed by atoms with Gasteiger partial charge < -0.3 is 10.0 Å². The summed E-state index contributed by atoms with van der Waals surface area (Å²) >= 11 is 0. The maximum absolute atomic E-state index is 11.0. The Balaban J connectivity index is 1.35. The monoisotopic (exact) mass is 383 g/mol. The Kier molecular flexibility index (Phi) is 6.98. The molecule has 0 aromatic heterocycles. The first-order valence-corrected chi connectivity index (χ1v) is 11.0. The average molecular weight is 384 g/mol. The van der Waals surface area contributed by atoms with Crippen molar-refractivity contribution in [2.75, 3.05) is 19.6 Å². The summed E-state index contributed by atoms with van der Waals surface area (Å²) in [6.45, 7) is 9.62. The van der Waals surface area contributed by atoms with E-state index in [1.54, 1.807) is 5.57 Å². The van der Waals surface area contributed by atoms with Crippen molar-refractivity contribution in [3.8, 4) is 0 Å². The number of carbonyl (C=O) groups is 1. The molecular formula is C25H37NO2. The molecular weight excluding hydrogens is 346 g/mol. The van der Waals surface area contributed by atoms with E-state index < -0.39 is 5.97 Å². The maximum Gasteiger partial charge on any atom is 0.303 e. The van der Waals surface area contributed by atoms with Gasteiger partial charge in [-0.3, -0.25) is 4.79 Å². The number of carboxylic acid groups (broad SMARTS) is 1. The van der Waals surface area contributed by atoms with Gasteiger partial charge in [0, 0.05) is 6.54 Å². The number of hydrogen-bond acceptors (Lipinski definition) is 2. The lowest BCUT2D eigenvalue weighted by Gasteiger charge is -2.37. The molecule has 2 aliphatic rings. The molecule has 3 rings (SSSR count). The molecule has 2 fully saturated rings. The van der Waals surface area contributed by atoms with Crippen molar-refractivity contribution in [3.05, 3.63) is 41.5 Å². The fourth-order valence-electron chi connectivity index (χ4n) is 5.00. The van der Waals surface area contributed by atoms with Crippen LogP contribution in [0, 0.1) is 23.2 Å². The number of nitrogens with zero attached hydrogens (tertiary/aromatic N) is 1. The lowest BCUT2D eigenvalue weighted by molar-refractivity contribution is -0.139. The zero-order valence-corrected chi connectivity index (χ0v) is 17.9.